The summed E-state index contributed by atoms with van der Waals surface area (Å²) in [7, 11) is 0. The normalized spacial score (nSPS) is 11.6. The average molecular weight is 641 g/mol. The summed E-state index contributed by atoms with van der Waals surface area (Å²) in [5, 5.41) is 4.63. The van der Waals surface area contributed by atoms with Crippen LogP contribution in [0.25, 0.3) is 94.7 Å². The van der Waals surface area contributed by atoms with Gasteiger partial charge in [0.25, 0.3) is 0 Å². The van der Waals surface area contributed by atoms with Crippen LogP contribution in [0.15, 0.2) is 174 Å². The second-order valence-corrected chi connectivity index (χ2v) is 12.5. The summed E-state index contributed by atoms with van der Waals surface area (Å²) in [5.41, 5.74) is 10.1. The Bertz CT molecular complexity index is 2800. The minimum Gasteiger partial charge on any atom is -0.456 e. The topological polar surface area (TPSA) is 56.7 Å². The smallest absolute Gasteiger partial charge is 0.164 e. The number of hydrogen-bond donors (Lipinski definition) is 0. The lowest BCUT2D eigenvalue weighted by molar-refractivity contribution is 0.669. The van der Waals surface area contributed by atoms with E-state index in [0.29, 0.717) is 17.5 Å². The lowest BCUT2D eigenvalue weighted by Crippen LogP contribution is -2.00. The molecule has 0 aliphatic carbocycles. The fourth-order valence-electron chi connectivity index (χ4n) is 7.03. The van der Waals surface area contributed by atoms with Gasteiger partial charge >= 0.3 is 0 Å². The number of fused-ring (bicyclic) bond motifs is 6. The molecule has 3 heterocycles. The molecule has 3 aromatic heterocycles. The third-order valence-corrected chi connectivity index (χ3v) is 9.49. The Hall–Kier alpha value is -6.85. The fraction of sp³-hybridized carbons (Fsp3) is 0. The highest BCUT2D eigenvalue weighted by atomic mass is 16.3. The van der Waals surface area contributed by atoms with E-state index in [1.54, 1.807) is 0 Å². The van der Waals surface area contributed by atoms with Crippen LogP contribution in [0.4, 0.5) is 0 Å². The van der Waals surface area contributed by atoms with Crippen LogP contribution in [0.5, 0.6) is 0 Å². The van der Waals surface area contributed by atoms with E-state index in [4.69, 9.17) is 19.4 Å². The third kappa shape index (κ3) is 4.67. The molecule has 0 aliphatic heterocycles. The zero-order chi connectivity index (χ0) is 33.0. The molecule has 0 amide bonds. The van der Waals surface area contributed by atoms with E-state index >= 15 is 0 Å². The first-order chi connectivity index (χ1) is 24.8. The van der Waals surface area contributed by atoms with Crippen molar-refractivity contribution in [2.24, 2.45) is 0 Å². The van der Waals surface area contributed by atoms with E-state index in [0.717, 1.165) is 49.9 Å². The van der Waals surface area contributed by atoms with Crippen molar-refractivity contribution in [3.8, 4) is 51.0 Å². The summed E-state index contributed by atoms with van der Waals surface area (Å²) >= 11 is 0. The van der Waals surface area contributed by atoms with Gasteiger partial charge in [0.1, 0.15) is 11.2 Å². The van der Waals surface area contributed by atoms with Gasteiger partial charge in [-0.15, -0.1) is 0 Å². The molecule has 7 aromatic carbocycles. The van der Waals surface area contributed by atoms with Gasteiger partial charge < -0.3 is 8.98 Å². The monoisotopic (exact) mass is 640 g/mol. The Kier molecular flexibility index (Phi) is 6.42. The minimum absolute atomic E-state index is 0.589. The Morgan fingerprint density at radius 1 is 0.340 bits per heavy atom. The predicted molar refractivity (Wildman–Crippen MR) is 203 cm³/mol. The molecule has 0 aliphatic rings. The largest absolute Gasteiger partial charge is 0.456 e. The molecular weight excluding hydrogens is 613 g/mol. The van der Waals surface area contributed by atoms with E-state index in [-0.39, 0.29) is 0 Å². The molecular formula is C45H28N4O. The van der Waals surface area contributed by atoms with Crippen molar-refractivity contribution in [1.29, 1.82) is 0 Å². The van der Waals surface area contributed by atoms with E-state index in [1.807, 2.05) is 30.3 Å². The Morgan fingerprint density at radius 3 is 1.46 bits per heavy atom. The standard InChI is InChI=1S/C45H28N4O/c1-2-10-29(11-3-1)30-18-20-31(21-19-30)43-46-44(48-45(47-43)33-24-27-38-37-14-6-9-17-41(37)50-42(38)28-33)32-22-25-34(26-23-32)49-39-15-7-4-12-35(39)36-13-5-8-16-40(36)49/h1-28H. The van der Waals surface area contributed by atoms with Gasteiger partial charge in [0.15, 0.2) is 17.5 Å². The molecule has 0 saturated heterocycles. The summed E-state index contributed by atoms with van der Waals surface area (Å²) in [5.74, 6) is 1.81. The molecule has 5 nitrogen and oxygen atoms in total. The number of benzene rings is 7. The lowest BCUT2D eigenvalue weighted by atomic mass is 10.0. The van der Waals surface area contributed by atoms with E-state index < -0.39 is 0 Å². The number of nitrogens with zero attached hydrogens (tertiary/aromatic N) is 4. The maximum absolute atomic E-state index is 6.24. The van der Waals surface area contributed by atoms with E-state index in [1.165, 1.54) is 27.4 Å². The number of hydrogen-bond acceptors (Lipinski definition) is 4. The van der Waals surface area contributed by atoms with Crippen LogP contribution in [0.3, 0.4) is 0 Å². The van der Waals surface area contributed by atoms with Crippen molar-refractivity contribution < 1.29 is 4.42 Å². The molecule has 0 bridgehead atoms. The summed E-state index contributed by atoms with van der Waals surface area (Å²) < 4.78 is 8.55. The number of para-hydroxylation sites is 3. The van der Waals surface area contributed by atoms with Crippen LogP contribution < -0.4 is 0 Å². The van der Waals surface area contributed by atoms with Crippen molar-refractivity contribution in [3.05, 3.63) is 170 Å². The second-order valence-electron chi connectivity index (χ2n) is 12.5. The first-order valence-electron chi connectivity index (χ1n) is 16.7. The highest BCUT2D eigenvalue weighted by Gasteiger charge is 2.16. The molecule has 0 unspecified atom stereocenters. The van der Waals surface area contributed by atoms with E-state index in [2.05, 4.69) is 144 Å². The third-order valence-electron chi connectivity index (χ3n) is 9.49. The highest BCUT2D eigenvalue weighted by Crippen LogP contribution is 2.35. The molecule has 10 aromatic rings. The van der Waals surface area contributed by atoms with Gasteiger partial charge in [0, 0.05) is 43.9 Å². The van der Waals surface area contributed by atoms with Crippen molar-refractivity contribution in [3.63, 3.8) is 0 Å². The molecule has 234 valence electrons. The highest BCUT2D eigenvalue weighted by molar-refractivity contribution is 6.09. The quantitative estimate of drug-likeness (QED) is 0.188. The zero-order valence-corrected chi connectivity index (χ0v) is 26.9. The van der Waals surface area contributed by atoms with Gasteiger partial charge in [-0.2, -0.15) is 0 Å². The summed E-state index contributed by atoms with van der Waals surface area (Å²) in [6.07, 6.45) is 0. The van der Waals surface area contributed by atoms with Crippen LogP contribution >= 0.6 is 0 Å². The van der Waals surface area contributed by atoms with Gasteiger partial charge in [-0.25, -0.2) is 15.0 Å². The molecule has 0 N–H and O–H groups in total. The van der Waals surface area contributed by atoms with E-state index in [9.17, 15) is 0 Å². The summed E-state index contributed by atoms with van der Waals surface area (Å²) in [6, 6.07) is 58.7. The maximum Gasteiger partial charge on any atom is 0.164 e. The van der Waals surface area contributed by atoms with Crippen molar-refractivity contribution >= 4 is 43.7 Å². The average Bonchev–Trinajstić information content (AvgIpc) is 3.74. The molecule has 0 saturated carbocycles. The maximum atomic E-state index is 6.24. The van der Waals surface area contributed by atoms with Crippen molar-refractivity contribution in [2.45, 2.75) is 0 Å². The van der Waals surface area contributed by atoms with Crippen LogP contribution in [-0.4, -0.2) is 19.5 Å². The van der Waals surface area contributed by atoms with Gasteiger partial charge in [-0.05, 0) is 65.7 Å². The van der Waals surface area contributed by atoms with Gasteiger partial charge in [0.05, 0.1) is 11.0 Å². The molecule has 0 radical (unpaired) electrons. The SMILES string of the molecule is c1ccc(-c2ccc(-c3nc(-c4ccc(-n5c6ccccc6c6ccccc65)cc4)nc(-c4ccc5c(c4)oc4ccccc45)n3)cc2)cc1. The molecule has 50 heavy (non-hydrogen) atoms. The Morgan fingerprint density at radius 2 is 0.800 bits per heavy atom. The van der Waals surface area contributed by atoms with Gasteiger partial charge in [0.2, 0.25) is 0 Å². The van der Waals surface area contributed by atoms with Crippen molar-refractivity contribution in [1.82, 2.24) is 19.5 Å². The zero-order valence-electron chi connectivity index (χ0n) is 26.9. The number of furan rings is 1. The Balaban J connectivity index is 1.10. The molecule has 0 atom stereocenters. The van der Waals surface area contributed by atoms with Crippen LogP contribution in [-0.2, 0) is 0 Å². The van der Waals surface area contributed by atoms with Crippen LogP contribution in [0.1, 0.15) is 0 Å². The van der Waals surface area contributed by atoms with Crippen LogP contribution in [0, 0.1) is 0 Å². The lowest BCUT2D eigenvalue weighted by Gasteiger charge is -2.11. The predicted octanol–water partition coefficient (Wildman–Crippen LogP) is 11.5. The number of rotatable bonds is 5. The first kappa shape index (κ1) is 28.2. The molecule has 5 heteroatoms. The summed E-state index contributed by atoms with van der Waals surface area (Å²) in [6.45, 7) is 0. The van der Waals surface area contributed by atoms with Gasteiger partial charge in [-0.3, -0.25) is 0 Å². The van der Waals surface area contributed by atoms with Crippen molar-refractivity contribution in [2.75, 3.05) is 0 Å². The molecule has 0 spiro atoms. The first-order valence-corrected chi connectivity index (χ1v) is 16.7. The number of aromatic nitrogens is 4. The Labute approximate surface area is 287 Å². The molecule has 0 fully saturated rings. The second kappa shape index (κ2) is 11.4. The van der Waals surface area contributed by atoms with Gasteiger partial charge in [-0.1, -0.05) is 115 Å². The molecule has 10 rings (SSSR count). The van der Waals surface area contributed by atoms with Crippen LogP contribution in [0.2, 0.25) is 0 Å². The summed E-state index contributed by atoms with van der Waals surface area (Å²) in [4.78, 5) is 15.1. The minimum atomic E-state index is 0.589. The fourth-order valence-corrected chi connectivity index (χ4v) is 7.03.